The van der Waals surface area contributed by atoms with E-state index in [0.29, 0.717) is 5.92 Å². The standard InChI is InChI=1S/C23H27NO3/c1-15(2)12-20(23(26)24-22-16(3)27-14-21(22)25)19-11-7-10-18(13-19)17-8-5-4-6-9-17/h4-11,13,15-16,20,22H,12,14H2,1-3H3,(H,24,26)/t16-,20-,22-/m1/s1. The van der Waals surface area contributed by atoms with Gasteiger partial charge in [-0.2, -0.15) is 0 Å². The molecule has 3 atom stereocenters. The number of benzene rings is 2. The molecule has 1 saturated heterocycles. The summed E-state index contributed by atoms with van der Waals surface area (Å²) in [7, 11) is 0. The van der Waals surface area contributed by atoms with Crippen LogP contribution in [0.1, 0.15) is 38.7 Å². The number of hydrogen-bond acceptors (Lipinski definition) is 3. The predicted molar refractivity (Wildman–Crippen MR) is 106 cm³/mol. The van der Waals surface area contributed by atoms with Crippen LogP contribution in [0.5, 0.6) is 0 Å². The fraction of sp³-hybridized carbons (Fsp3) is 0.391. The molecule has 4 nitrogen and oxygen atoms in total. The van der Waals surface area contributed by atoms with Crippen LogP contribution in [0, 0.1) is 5.92 Å². The number of carbonyl (C=O) groups excluding carboxylic acids is 2. The van der Waals surface area contributed by atoms with Crippen LogP contribution in [-0.4, -0.2) is 30.4 Å². The molecule has 4 heteroatoms. The Bertz CT molecular complexity index is 800. The Balaban J connectivity index is 1.86. The first-order valence-electron chi connectivity index (χ1n) is 9.55. The summed E-state index contributed by atoms with van der Waals surface area (Å²) in [5.41, 5.74) is 3.18. The van der Waals surface area contributed by atoms with Crippen molar-refractivity contribution < 1.29 is 14.3 Å². The van der Waals surface area contributed by atoms with Crippen molar-refractivity contribution in [3.63, 3.8) is 0 Å². The second-order valence-corrected chi connectivity index (χ2v) is 7.64. The highest BCUT2D eigenvalue weighted by Crippen LogP contribution is 2.29. The molecular formula is C23H27NO3. The van der Waals surface area contributed by atoms with E-state index in [2.05, 4.69) is 43.4 Å². The Kier molecular flexibility index (Phi) is 6.07. The number of rotatable bonds is 6. The normalized spacial score (nSPS) is 20.7. The van der Waals surface area contributed by atoms with Crippen molar-refractivity contribution in [3.05, 3.63) is 60.2 Å². The largest absolute Gasteiger partial charge is 0.368 e. The van der Waals surface area contributed by atoms with E-state index in [1.54, 1.807) is 0 Å². The first-order chi connectivity index (χ1) is 13.0. The molecule has 1 fully saturated rings. The molecule has 0 bridgehead atoms. The highest BCUT2D eigenvalue weighted by atomic mass is 16.5. The van der Waals surface area contributed by atoms with Crippen LogP contribution in [0.2, 0.25) is 0 Å². The van der Waals surface area contributed by atoms with E-state index in [4.69, 9.17) is 4.74 Å². The lowest BCUT2D eigenvalue weighted by Gasteiger charge is -2.23. The molecule has 0 spiro atoms. The first kappa shape index (κ1) is 19.3. The van der Waals surface area contributed by atoms with Crippen LogP contribution in [0.25, 0.3) is 11.1 Å². The van der Waals surface area contributed by atoms with Gasteiger partial charge in [-0.1, -0.05) is 68.4 Å². The van der Waals surface area contributed by atoms with Gasteiger partial charge in [0.05, 0.1) is 12.0 Å². The third kappa shape index (κ3) is 4.64. The average Bonchev–Trinajstić information content (AvgIpc) is 2.98. The zero-order valence-electron chi connectivity index (χ0n) is 16.1. The second-order valence-electron chi connectivity index (χ2n) is 7.64. The van der Waals surface area contributed by atoms with Crippen LogP contribution in [-0.2, 0) is 14.3 Å². The van der Waals surface area contributed by atoms with Crippen LogP contribution < -0.4 is 5.32 Å². The first-order valence-corrected chi connectivity index (χ1v) is 9.55. The number of amides is 1. The molecule has 1 aliphatic rings. The van der Waals surface area contributed by atoms with E-state index < -0.39 is 6.04 Å². The van der Waals surface area contributed by atoms with Crippen LogP contribution >= 0.6 is 0 Å². The van der Waals surface area contributed by atoms with E-state index in [0.717, 1.165) is 23.1 Å². The Morgan fingerprint density at radius 3 is 2.44 bits per heavy atom. The van der Waals surface area contributed by atoms with Crippen LogP contribution in [0.3, 0.4) is 0 Å². The number of carbonyl (C=O) groups is 2. The van der Waals surface area contributed by atoms with Gasteiger partial charge < -0.3 is 10.1 Å². The van der Waals surface area contributed by atoms with Gasteiger partial charge in [-0.3, -0.25) is 9.59 Å². The summed E-state index contributed by atoms with van der Waals surface area (Å²) >= 11 is 0. The molecule has 0 unspecified atom stereocenters. The number of nitrogens with one attached hydrogen (secondary N) is 1. The number of ketones is 1. The fourth-order valence-corrected chi connectivity index (χ4v) is 3.54. The molecule has 0 saturated carbocycles. The third-order valence-electron chi connectivity index (χ3n) is 5.02. The maximum Gasteiger partial charge on any atom is 0.228 e. The summed E-state index contributed by atoms with van der Waals surface area (Å²) in [4.78, 5) is 25.1. The fourth-order valence-electron chi connectivity index (χ4n) is 3.54. The lowest BCUT2D eigenvalue weighted by molar-refractivity contribution is -0.127. The van der Waals surface area contributed by atoms with Gasteiger partial charge in [0.25, 0.3) is 0 Å². The molecule has 0 aromatic heterocycles. The second kappa shape index (κ2) is 8.49. The summed E-state index contributed by atoms with van der Waals surface area (Å²) in [6.45, 7) is 6.11. The van der Waals surface area contributed by atoms with E-state index >= 15 is 0 Å². The lowest BCUT2D eigenvalue weighted by Crippen LogP contribution is -2.45. The van der Waals surface area contributed by atoms with Gasteiger partial charge in [-0.15, -0.1) is 0 Å². The number of ether oxygens (including phenoxy) is 1. The summed E-state index contributed by atoms with van der Waals surface area (Å²) in [5, 5.41) is 2.93. The van der Waals surface area contributed by atoms with Crippen molar-refractivity contribution in [2.24, 2.45) is 5.92 Å². The summed E-state index contributed by atoms with van der Waals surface area (Å²) < 4.78 is 5.36. The molecular weight excluding hydrogens is 338 g/mol. The molecule has 1 heterocycles. The van der Waals surface area contributed by atoms with Gasteiger partial charge in [0.1, 0.15) is 12.6 Å². The van der Waals surface area contributed by atoms with E-state index in [1.807, 2.05) is 37.3 Å². The summed E-state index contributed by atoms with van der Waals surface area (Å²) in [6.07, 6.45) is 0.442. The van der Waals surface area contributed by atoms with Crippen LogP contribution in [0.15, 0.2) is 54.6 Å². The van der Waals surface area contributed by atoms with Crippen molar-refractivity contribution in [1.82, 2.24) is 5.32 Å². The van der Waals surface area contributed by atoms with Crippen molar-refractivity contribution in [1.29, 1.82) is 0 Å². The van der Waals surface area contributed by atoms with E-state index in [9.17, 15) is 9.59 Å². The molecule has 2 aromatic carbocycles. The van der Waals surface area contributed by atoms with Crippen molar-refractivity contribution >= 4 is 11.7 Å². The smallest absolute Gasteiger partial charge is 0.228 e. The molecule has 0 aliphatic carbocycles. The predicted octanol–water partition coefficient (Wildman–Crippen LogP) is 3.96. The molecule has 2 aromatic rings. The molecule has 0 radical (unpaired) electrons. The molecule has 1 aliphatic heterocycles. The maximum atomic E-state index is 13.1. The molecule has 3 rings (SSSR count). The monoisotopic (exact) mass is 365 g/mol. The van der Waals surface area contributed by atoms with Crippen molar-refractivity contribution in [3.8, 4) is 11.1 Å². The Morgan fingerprint density at radius 2 is 1.81 bits per heavy atom. The number of hydrogen-bond donors (Lipinski definition) is 1. The average molecular weight is 365 g/mol. The molecule has 1 amide bonds. The van der Waals surface area contributed by atoms with Crippen molar-refractivity contribution in [2.45, 2.75) is 45.3 Å². The highest BCUT2D eigenvalue weighted by molar-refractivity contribution is 5.93. The zero-order valence-corrected chi connectivity index (χ0v) is 16.1. The quantitative estimate of drug-likeness (QED) is 0.843. The molecule has 27 heavy (non-hydrogen) atoms. The Morgan fingerprint density at radius 1 is 1.11 bits per heavy atom. The van der Waals surface area contributed by atoms with Gasteiger partial charge in [0.15, 0.2) is 5.78 Å². The third-order valence-corrected chi connectivity index (χ3v) is 5.02. The molecule has 1 N–H and O–H groups in total. The Labute approximate surface area is 160 Å². The minimum Gasteiger partial charge on any atom is -0.368 e. The lowest BCUT2D eigenvalue weighted by atomic mass is 9.87. The minimum absolute atomic E-state index is 0.0582. The topological polar surface area (TPSA) is 55.4 Å². The zero-order chi connectivity index (χ0) is 19.4. The van der Waals surface area contributed by atoms with Gasteiger partial charge in [-0.25, -0.2) is 0 Å². The SMILES string of the molecule is CC(C)C[C@@H](C(=O)N[C@H]1C(=O)CO[C@@H]1C)c1cccc(-c2ccccc2)c1. The van der Waals surface area contributed by atoms with Gasteiger partial charge in [0, 0.05) is 0 Å². The molecule has 142 valence electrons. The Hall–Kier alpha value is -2.46. The van der Waals surface area contributed by atoms with Gasteiger partial charge in [-0.05, 0) is 36.0 Å². The van der Waals surface area contributed by atoms with Crippen molar-refractivity contribution in [2.75, 3.05) is 6.61 Å². The van der Waals surface area contributed by atoms with Crippen LogP contribution in [0.4, 0.5) is 0 Å². The highest BCUT2D eigenvalue weighted by Gasteiger charge is 2.35. The van der Waals surface area contributed by atoms with Gasteiger partial charge in [0.2, 0.25) is 5.91 Å². The summed E-state index contributed by atoms with van der Waals surface area (Å²) in [5.74, 6) is -0.106. The minimum atomic E-state index is -0.551. The maximum absolute atomic E-state index is 13.1. The summed E-state index contributed by atoms with van der Waals surface area (Å²) in [6, 6.07) is 17.7. The van der Waals surface area contributed by atoms with E-state index in [-0.39, 0.29) is 30.3 Å². The van der Waals surface area contributed by atoms with Gasteiger partial charge >= 0.3 is 0 Å². The van der Waals surface area contributed by atoms with E-state index in [1.165, 1.54) is 0 Å². The number of Topliss-reactive ketones (excluding diaryl/α,β-unsaturated/α-hetero) is 1.